The van der Waals surface area contributed by atoms with Gasteiger partial charge in [-0.3, -0.25) is 4.90 Å². The lowest BCUT2D eigenvalue weighted by atomic mass is 10.00. The van der Waals surface area contributed by atoms with Crippen LogP contribution in [0.15, 0.2) is 48.5 Å². The van der Waals surface area contributed by atoms with Crippen molar-refractivity contribution in [1.29, 1.82) is 0 Å². The van der Waals surface area contributed by atoms with E-state index < -0.39 is 18.1 Å². The Morgan fingerprint density at radius 3 is 2.46 bits per heavy atom. The van der Waals surface area contributed by atoms with Crippen molar-refractivity contribution in [3.63, 3.8) is 0 Å². The van der Waals surface area contributed by atoms with E-state index in [1.165, 1.54) is 4.90 Å². The van der Waals surface area contributed by atoms with Gasteiger partial charge in [-0.15, -0.1) is 0 Å². The van der Waals surface area contributed by atoms with E-state index >= 15 is 0 Å². The number of carbonyl (C=O) groups is 2. The SMILES string of the molecule is CCCN(C(=O)OCc1ccccc1)C(C(=O)O)c1ccc(Cl)cc1C. The Morgan fingerprint density at radius 1 is 1.19 bits per heavy atom. The fourth-order valence-electron chi connectivity index (χ4n) is 2.75. The van der Waals surface area contributed by atoms with Crippen LogP contribution in [0.25, 0.3) is 0 Å². The molecule has 2 aromatic carbocycles. The van der Waals surface area contributed by atoms with Gasteiger partial charge in [-0.05, 0) is 42.2 Å². The number of hydrogen-bond acceptors (Lipinski definition) is 3. The van der Waals surface area contributed by atoms with Gasteiger partial charge in [-0.25, -0.2) is 9.59 Å². The number of halogens is 1. The quantitative estimate of drug-likeness (QED) is 0.753. The summed E-state index contributed by atoms with van der Waals surface area (Å²) >= 11 is 5.97. The highest BCUT2D eigenvalue weighted by molar-refractivity contribution is 6.30. The number of carbonyl (C=O) groups excluding carboxylic acids is 1. The van der Waals surface area contributed by atoms with Crippen LogP contribution in [0, 0.1) is 6.92 Å². The number of aliphatic carboxylic acids is 1. The molecule has 5 nitrogen and oxygen atoms in total. The number of carboxylic acids is 1. The molecular weight excluding hydrogens is 354 g/mol. The molecule has 2 rings (SSSR count). The summed E-state index contributed by atoms with van der Waals surface area (Å²) in [6, 6.07) is 13.1. The molecule has 138 valence electrons. The number of aryl methyl sites for hydroxylation is 1. The molecule has 0 radical (unpaired) electrons. The highest BCUT2D eigenvalue weighted by Crippen LogP contribution is 2.27. The van der Waals surface area contributed by atoms with Crippen molar-refractivity contribution in [1.82, 2.24) is 4.90 Å². The number of benzene rings is 2. The Kier molecular flexibility index (Phi) is 7.04. The summed E-state index contributed by atoms with van der Waals surface area (Å²) < 4.78 is 5.36. The second-order valence-corrected chi connectivity index (χ2v) is 6.41. The average molecular weight is 376 g/mol. The monoisotopic (exact) mass is 375 g/mol. The number of carboxylic acid groups (broad SMARTS) is 1. The van der Waals surface area contributed by atoms with Crippen molar-refractivity contribution in [2.75, 3.05) is 6.54 Å². The lowest BCUT2D eigenvalue weighted by Crippen LogP contribution is -2.40. The molecule has 0 aliphatic carbocycles. The second-order valence-electron chi connectivity index (χ2n) is 5.98. The van der Waals surface area contributed by atoms with Crippen LogP contribution in [0.2, 0.25) is 5.02 Å². The minimum atomic E-state index is -1.13. The van der Waals surface area contributed by atoms with E-state index in [9.17, 15) is 14.7 Å². The third kappa shape index (κ3) is 4.99. The molecule has 1 unspecified atom stereocenters. The van der Waals surface area contributed by atoms with Gasteiger partial charge in [0.25, 0.3) is 0 Å². The predicted molar refractivity (Wildman–Crippen MR) is 100 cm³/mol. The number of ether oxygens (including phenoxy) is 1. The topological polar surface area (TPSA) is 66.8 Å². The minimum absolute atomic E-state index is 0.0891. The van der Waals surface area contributed by atoms with Gasteiger partial charge in [-0.2, -0.15) is 0 Å². The molecule has 1 atom stereocenters. The fraction of sp³-hybridized carbons (Fsp3) is 0.300. The Balaban J connectivity index is 2.25. The average Bonchev–Trinajstić information content (AvgIpc) is 2.61. The van der Waals surface area contributed by atoms with Crippen LogP contribution in [0.3, 0.4) is 0 Å². The van der Waals surface area contributed by atoms with Gasteiger partial charge >= 0.3 is 12.1 Å². The first-order chi connectivity index (χ1) is 12.4. The maximum atomic E-state index is 12.6. The van der Waals surface area contributed by atoms with Crippen LogP contribution < -0.4 is 0 Å². The molecule has 2 aromatic rings. The van der Waals surface area contributed by atoms with Crippen molar-refractivity contribution in [3.8, 4) is 0 Å². The largest absolute Gasteiger partial charge is 0.479 e. The highest BCUT2D eigenvalue weighted by Gasteiger charge is 2.32. The summed E-state index contributed by atoms with van der Waals surface area (Å²) in [6.45, 7) is 4.01. The first-order valence-corrected chi connectivity index (χ1v) is 8.78. The smallest absolute Gasteiger partial charge is 0.411 e. The molecule has 0 bridgehead atoms. The summed E-state index contributed by atoms with van der Waals surface area (Å²) in [6.07, 6.45) is -0.0471. The molecular formula is C20H22ClNO4. The zero-order valence-electron chi connectivity index (χ0n) is 14.8. The zero-order valence-corrected chi connectivity index (χ0v) is 15.6. The van der Waals surface area contributed by atoms with E-state index in [0.29, 0.717) is 22.6 Å². The summed E-state index contributed by atoms with van der Waals surface area (Å²) in [5.74, 6) is -1.11. The van der Waals surface area contributed by atoms with Gasteiger partial charge in [0.1, 0.15) is 6.61 Å². The maximum Gasteiger partial charge on any atom is 0.411 e. The lowest BCUT2D eigenvalue weighted by Gasteiger charge is -2.29. The molecule has 0 spiro atoms. The molecule has 0 aliphatic heterocycles. The van der Waals surface area contributed by atoms with Gasteiger partial charge in [0.05, 0.1) is 0 Å². The molecule has 6 heteroatoms. The van der Waals surface area contributed by atoms with Crippen LogP contribution in [-0.4, -0.2) is 28.6 Å². The van der Waals surface area contributed by atoms with Crippen LogP contribution in [-0.2, 0) is 16.1 Å². The molecule has 0 aromatic heterocycles. The Morgan fingerprint density at radius 2 is 1.88 bits per heavy atom. The van der Waals surface area contributed by atoms with Gasteiger partial charge in [0.15, 0.2) is 6.04 Å². The zero-order chi connectivity index (χ0) is 19.1. The third-order valence-corrected chi connectivity index (χ3v) is 4.21. The first kappa shape index (κ1) is 19.8. The molecule has 0 fully saturated rings. The molecule has 0 aliphatic rings. The van der Waals surface area contributed by atoms with Gasteiger partial charge in [0, 0.05) is 11.6 Å². The summed E-state index contributed by atoms with van der Waals surface area (Å²) in [5, 5.41) is 10.3. The van der Waals surface area contributed by atoms with Crippen LogP contribution in [0.5, 0.6) is 0 Å². The van der Waals surface area contributed by atoms with E-state index in [4.69, 9.17) is 16.3 Å². The van der Waals surface area contributed by atoms with E-state index in [0.717, 1.165) is 5.56 Å². The third-order valence-electron chi connectivity index (χ3n) is 3.98. The van der Waals surface area contributed by atoms with Gasteiger partial charge in [0.2, 0.25) is 0 Å². The fourth-order valence-corrected chi connectivity index (χ4v) is 2.98. The normalized spacial score (nSPS) is 11.7. The van der Waals surface area contributed by atoms with Crippen molar-refractivity contribution in [3.05, 3.63) is 70.2 Å². The Bertz CT molecular complexity index is 764. The molecule has 1 N–H and O–H groups in total. The minimum Gasteiger partial charge on any atom is -0.479 e. The number of nitrogens with zero attached hydrogens (tertiary/aromatic N) is 1. The molecule has 0 saturated heterocycles. The summed E-state index contributed by atoms with van der Waals surface area (Å²) in [4.78, 5) is 25.8. The number of rotatable bonds is 7. The first-order valence-electron chi connectivity index (χ1n) is 8.40. The summed E-state index contributed by atoms with van der Waals surface area (Å²) in [5.41, 5.74) is 2.07. The predicted octanol–water partition coefficient (Wildman–Crippen LogP) is 4.82. The van der Waals surface area contributed by atoms with E-state index in [-0.39, 0.29) is 13.2 Å². The maximum absolute atomic E-state index is 12.6. The highest BCUT2D eigenvalue weighted by atomic mass is 35.5. The van der Waals surface area contributed by atoms with E-state index in [1.54, 1.807) is 25.1 Å². The van der Waals surface area contributed by atoms with Crippen LogP contribution in [0.1, 0.15) is 36.1 Å². The molecule has 0 heterocycles. The van der Waals surface area contributed by atoms with Crippen LogP contribution >= 0.6 is 11.6 Å². The Hall–Kier alpha value is -2.53. The van der Waals surface area contributed by atoms with Crippen molar-refractivity contribution >= 4 is 23.7 Å². The van der Waals surface area contributed by atoms with E-state index in [2.05, 4.69) is 0 Å². The van der Waals surface area contributed by atoms with Crippen molar-refractivity contribution in [2.24, 2.45) is 0 Å². The molecule has 26 heavy (non-hydrogen) atoms. The lowest BCUT2D eigenvalue weighted by molar-refractivity contribution is -0.143. The van der Waals surface area contributed by atoms with Crippen molar-refractivity contribution in [2.45, 2.75) is 32.9 Å². The van der Waals surface area contributed by atoms with Gasteiger partial charge in [-0.1, -0.05) is 54.9 Å². The standard InChI is InChI=1S/C20H22ClNO4/c1-3-11-22(20(25)26-13-15-7-5-4-6-8-15)18(19(23)24)17-10-9-16(21)12-14(17)2/h4-10,12,18H,3,11,13H2,1-2H3,(H,23,24). The van der Waals surface area contributed by atoms with Gasteiger partial charge < -0.3 is 9.84 Å². The van der Waals surface area contributed by atoms with Crippen molar-refractivity contribution < 1.29 is 19.4 Å². The number of hydrogen-bond donors (Lipinski definition) is 1. The Labute approximate surface area is 158 Å². The summed E-state index contributed by atoms with van der Waals surface area (Å²) in [7, 11) is 0. The number of amides is 1. The van der Waals surface area contributed by atoms with Crippen LogP contribution in [0.4, 0.5) is 4.79 Å². The van der Waals surface area contributed by atoms with E-state index in [1.807, 2.05) is 37.3 Å². The molecule has 1 amide bonds. The second kappa shape index (κ2) is 9.25. The molecule has 0 saturated carbocycles.